The third-order valence-electron chi connectivity index (χ3n) is 2.56. The Hall–Kier alpha value is 0.650. The van der Waals surface area contributed by atoms with E-state index in [9.17, 15) is 0 Å². The molecule has 0 aromatic rings. The standard InChI is InChI=1S/C8H13IO2/c9-6-7-1-2-8(5-7)10-3-4-11-8/h7H,1-6H2. The highest BCUT2D eigenvalue weighted by atomic mass is 127. The SMILES string of the molecule is ICC1CCC2(C1)OCCO2. The first-order valence-corrected chi connectivity index (χ1v) is 5.71. The van der Waals surface area contributed by atoms with Crippen molar-refractivity contribution in [2.45, 2.75) is 25.0 Å². The second-order valence-corrected chi connectivity index (χ2v) is 4.25. The van der Waals surface area contributed by atoms with Crippen molar-refractivity contribution in [1.29, 1.82) is 0 Å². The minimum Gasteiger partial charge on any atom is -0.348 e. The molecule has 1 heterocycles. The zero-order valence-corrected chi connectivity index (χ0v) is 8.67. The minimum absolute atomic E-state index is 0.143. The fourth-order valence-corrected chi connectivity index (χ4v) is 2.71. The molecule has 1 saturated carbocycles. The van der Waals surface area contributed by atoms with Gasteiger partial charge >= 0.3 is 0 Å². The summed E-state index contributed by atoms with van der Waals surface area (Å²) in [5.41, 5.74) is 0. The molecule has 2 aliphatic rings. The smallest absolute Gasteiger partial charge is 0.168 e. The van der Waals surface area contributed by atoms with Gasteiger partial charge in [-0.3, -0.25) is 0 Å². The number of hydrogen-bond acceptors (Lipinski definition) is 2. The molecule has 3 heteroatoms. The van der Waals surface area contributed by atoms with Gasteiger partial charge in [0.15, 0.2) is 5.79 Å². The van der Waals surface area contributed by atoms with Crippen LogP contribution >= 0.6 is 22.6 Å². The predicted octanol–water partition coefficient (Wildman–Crippen LogP) is 1.96. The van der Waals surface area contributed by atoms with Gasteiger partial charge in [-0.15, -0.1) is 0 Å². The second-order valence-electron chi connectivity index (χ2n) is 3.37. The van der Waals surface area contributed by atoms with E-state index < -0.39 is 0 Å². The lowest BCUT2D eigenvalue weighted by atomic mass is 10.1. The Balaban J connectivity index is 1.96. The number of alkyl halides is 1. The number of ether oxygens (including phenoxy) is 2. The van der Waals surface area contributed by atoms with Crippen LogP contribution in [0.25, 0.3) is 0 Å². The third kappa shape index (κ3) is 1.55. The van der Waals surface area contributed by atoms with Gasteiger partial charge < -0.3 is 9.47 Å². The summed E-state index contributed by atoms with van der Waals surface area (Å²) in [4.78, 5) is 0. The van der Waals surface area contributed by atoms with E-state index in [0.717, 1.165) is 32.0 Å². The summed E-state index contributed by atoms with van der Waals surface area (Å²) in [6.07, 6.45) is 3.51. The van der Waals surface area contributed by atoms with Crippen LogP contribution in [0.3, 0.4) is 0 Å². The molecule has 0 radical (unpaired) electrons. The Morgan fingerprint density at radius 2 is 2.09 bits per heavy atom. The van der Waals surface area contributed by atoms with Crippen molar-refractivity contribution in [2.24, 2.45) is 5.92 Å². The second kappa shape index (κ2) is 3.18. The van der Waals surface area contributed by atoms with Crippen LogP contribution in [-0.2, 0) is 9.47 Å². The van der Waals surface area contributed by atoms with Crippen LogP contribution in [0.1, 0.15) is 19.3 Å². The van der Waals surface area contributed by atoms with E-state index >= 15 is 0 Å². The monoisotopic (exact) mass is 268 g/mol. The average molecular weight is 268 g/mol. The maximum Gasteiger partial charge on any atom is 0.168 e. The van der Waals surface area contributed by atoms with Crippen LogP contribution in [-0.4, -0.2) is 23.4 Å². The van der Waals surface area contributed by atoms with E-state index in [1.807, 2.05) is 0 Å². The molecule has 1 unspecified atom stereocenters. The molecule has 64 valence electrons. The van der Waals surface area contributed by atoms with Gasteiger partial charge in [-0.25, -0.2) is 0 Å². The van der Waals surface area contributed by atoms with Crippen molar-refractivity contribution in [2.75, 3.05) is 17.6 Å². The van der Waals surface area contributed by atoms with Gasteiger partial charge in [0.25, 0.3) is 0 Å². The molecule has 1 spiro atoms. The van der Waals surface area contributed by atoms with Crippen LogP contribution in [0.2, 0.25) is 0 Å². The Morgan fingerprint density at radius 3 is 2.64 bits per heavy atom. The Labute approximate surface area is 80.8 Å². The summed E-state index contributed by atoms with van der Waals surface area (Å²) in [5, 5.41) is 0. The Bertz CT molecular complexity index is 143. The van der Waals surface area contributed by atoms with Crippen LogP contribution < -0.4 is 0 Å². The molecule has 2 nitrogen and oxygen atoms in total. The summed E-state index contributed by atoms with van der Waals surface area (Å²) >= 11 is 2.45. The molecule has 1 saturated heterocycles. The van der Waals surface area contributed by atoms with E-state index in [4.69, 9.17) is 9.47 Å². The zero-order chi connectivity index (χ0) is 7.73. The lowest BCUT2D eigenvalue weighted by Crippen LogP contribution is -2.26. The van der Waals surface area contributed by atoms with Crippen molar-refractivity contribution in [1.82, 2.24) is 0 Å². The molecule has 11 heavy (non-hydrogen) atoms. The summed E-state index contributed by atoms with van der Waals surface area (Å²) in [6.45, 7) is 1.60. The van der Waals surface area contributed by atoms with E-state index in [2.05, 4.69) is 22.6 Å². The number of rotatable bonds is 1. The fraction of sp³-hybridized carbons (Fsp3) is 1.00. The molecule has 0 N–H and O–H groups in total. The van der Waals surface area contributed by atoms with Gasteiger partial charge in [0.1, 0.15) is 0 Å². The molecule has 1 aliphatic carbocycles. The van der Waals surface area contributed by atoms with Gasteiger partial charge in [0.2, 0.25) is 0 Å². The molecular formula is C8H13IO2. The molecule has 2 fully saturated rings. The van der Waals surface area contributed by atoms with E-state index in [1.54, 1.807) is 0 Å². The molecule has 0 amide bonds. The number of hydrogen-bond donors (Lipinski definition) is 0. The third-order valence-corrected chi connectivity index (χ3v) is 3.81. The first-order chi connectivity index (χ1) is 5.35. The maximum atomic E-state index is 5.61. The largest absolute Gasteiger partial charge is 0.348 e. The van der Waals surface area contributed by atoms with Crippen molar-refractivity contribution in [3.63, 3.8) is 0 Å². The first kappa shape index (κ1) is 8.26. The highest BCUT2D eigenvalue weighted by Gasteiger charge is 2.43. The van der Waals surface area contributed by atoms with Gasteiger partial charge in [-0.1, -0.05) is 22.6 Å². The molecule has 0 aromatic heterocycles. The fourth-order valence-electron chi connectivity index (χ4n) is 1.96. The van der Waals surface area contributed by atoms with Crippen LogP contribution in [0, 0.1) is 5.92 Å². The Kier molecular flexibility index (Phi) is 2.39. The van der Waals surface area contributed by atoms with Gasteiger partial charge in [-0.2, -0.15) is 0 Å². The predicted molar refractivity (Wildman–Crippen MR) is 50.9 cm³/mol. The molecule has 1 atom stereocenters. The van der Waals surface area contributed by atoms with Crippen molar-refractivity contribution < 1.29 is 9.47 Å². The van der Waals surface area contributed by atoms with E-state index in [0.29, 0.717) is 0 Å². The zero-order valence-electron chi connectivity index (χ0n) is 6.51. The molecule has 1 aliphatic heterocycles. The normalized spacial score (nSPS) is 35.2. The first-order valence-electron chi connectivity index (χ1n) is 4.18. The van der Waals surface area contributed by atoms with Gasteiger partial charge in [-0.05, 0) is 12.3 Å². The lowest BCUT2D eigenvalue weighted by molar-refractivity contribution is -0.152. The van der Waals surface area contributed by atoms with Gasteiger partial charge in [0.05, 0.1) is 13.2 Å². The summed E-state index contributed by atoms with van der Waals surface area (Å²) in [6, 6.07) is 0. The Morgan fingerprint density at radius 1 is 1.36 bits per heavy atom. The van der Waals surface area contributed by atoms with Crippen LogP contribution in [0.4, 0.5) is 0 Å². The minimum atomic E-state index is -0.143. The summed E-state index contributed by atoms with van der Waals surface area (Å²) < 4.78 is 12.5. The number of halogens is 1. The highest BCUT2D eigenvalue weighted by molar-refractivity contribution is 14.1. The summed E-state index contributed by atoms with van der Waals surface area (Å²) in [5.74, 6) is 0.684. The molecular weight excluding hydrogens is 255 g/mol. The topological polar surface area (TPSA) is 18.5 Å². The molecule has 0 bridgehead atoms. The summed E-state index contributed by atoms with van der Waals surface area (Å²) in [7, 11) is 0. The van der Waals surface area contributed by atoms with Crippen LogP contribution in [0.15, 0.2) is 0 Å². The van der Waals surface area contributed by atoms with Crippen molar-refractivity contribution in [3.8, 4) is 0 Å². The molecule has 2 rings (SSSR count). The van der Waals surface area contributed by atoms with Crippen molar-refractivity contribution in [3.05, 3.63) is 0 Å². The van der Waals surface area contributed by atoms with E-state index in [1.165, 1.54) is 10.8 Å². The molecule has 0 aromatic carbocycles. The highest BCUT2D eigenvalue weighted by Crippen LogP contribution is 2.41. The van der Waals surface area contributed by atoms with Crippen LogP contribution in [0.5, 0.6) is 0 Å². The lowest BCUT2D eigenvalue weighted by Gasteiger charge is -2.20. The van der Waals surface area contributed by atoms with E-state index in [-0.39, 0.29) is 5.79 Å². The average Bonchev–Trinajstić information content (AvgIpc) is 2.62. The maximum absolute atomic E-state index is 5.61. The van der Waals surface area contributed by atoms with Crippen molar-refractivity contribution >= 4 is 22.6 Å². The quantitative estimate of drug-likeness (QED) is 0.534. The van der Waals surface area contributed by atoms with Gasteiger partial charge in [0, 0.05) is 17.3 Å².